The van der Waals surface area contributed by atoms with Gasteiger partial charge in [-0.25, -0.2) is 0 Å². The molecule has 0 saturated carbocycles. The molecule has 0 unspecified atom stereocenters. The number of carboxylic acid groups (broad SMARTS) is 1. The highest BCUT2D eigenvalue weighted by Gasteiger charge is 2.19. The first kappa shape index (κ1) is 19.0. The Morgan fingerprint density at radius 2 is 1.91 bits per heavy atom. The van der Waals surface area contributed by atoms with Crippen LogP contribution in [0.15, 0.2) is 18.2 Å². The van der Waals surface area contributed by atoms with E-state index in [1.807, 2.05) is 12.1 Å². The van der Waals surface area contributed by atoms with Gasteiger partial charge in [0.15, 0.2) is 0 Å². The van der Waals surface area contributed by atoms with E-state index in [0.29, 0.717) is 13.2 Å². The van der Waals surface area contributed by atoms with Crippen LogP contribution in [0.3, 0.4) is 0 Å². The summed E-state index contributed by atoms with van der Waals surface area (Å²) in [5.41, 5.74) is 2.37. The summed E-state index contributed by atoms with van der Waals surface area (Å²) >= 11 is 0. The molecule has 1 N–H and O–H groups in total. The SMILES string of the molecule is CCc1ccc(OCCNC(=O)CCC(=O)[O-])c(C(C)(C)C)c1. The van der Waals surface area contributed by atoms with Gasteiger partial charge in [0.25, 0.3) is 0 Å². The Kier molecular flexibility index (Phi) is 7.07. The Balaban J connectivity index is 2.55. The predicted molar refractivity (Wildman–Crippen MR) is 87.3 cm³/mol. The summed E-state index contributed by atoms with van der Waals surface area (Å²) in [6, 6.07) is 6.17. The maximum atomic E-state index is 11.4. The number of carbonyl (C=O) groups is 2. The highest BCUT2D eigenvalue weighted by atomic mass is 16.5. The van der Waals surface area contributed by atoms with Crippen LogP contribution in [0.5, 0.6) is 5.75 Å². The molecule has 0 heterocycles. The van der Waals surface area contributed by atoms with E-state index in [9.17, 15) is 14.7 Å². The van der Waals surface area contributed by atoms with Crippen molar-refractivity contribution in [2.45, 2.75) is 52.4 Å². The van der Waals surface area contributed by atoms with E-state index < -0.39 is 5.97 Å². The predicted octanol–water partition coefficient (Wildman–Crippen LogP) is 1.57. The Bertz CT molecular complexity index is 546. The second-order valence-corrected chi connectivity index (χ2v) is 6.50. The fourth-order valence-corrected chi connectivity index (χ4v) is 2.16. The van der Waals surface area contributed by atoms with Gasteiger partial charge in [0, 0.05) is 12.4 Å². The summed E-state index contributed by atoms with van der Waals surface area (Å²) in [5.74, 6) is -0.712. The minimum atomic E-state index is -1.22. The van der Waals surface area contributed by atoms with Crippen LogP contribution in [0.2, 0.25) is 0 Å². The molecular weight excluding hydrogens is 294 g/mol. The average Bonchev–Trinajstić information content (AvgIpc) is 2.48. The number of ether oxygens (including phenoxy) is 1. The lowest BCUT2D eigenvalue weighted by Crippen LogP contribution is -2.30. The monoisotopic (exact) mass is 320 g/mol. The summed E-state index contributed by atoms with van der Waals surface area (Å²) in [6.07, 6.45) is 0.637. The minimum Gasteiger partial charge on any atom is -0.550 e. The van der Waals surface area contributed by atoms with E-state index in [1.54, 1.807) is 0 Å². The molecule has 0 aliphatic heterocycles. The smallest absolute Gasteiger partial charge is 0.220 e. The number of carboxylic acids is 1. The van der Waals surface area contributed by atoms with Gasteiger partial charge in [-0.1, -0.05) is 39.8 Å². The molecule has 0 fully saturated rings. The van der Waals surface area contributed by atoms with Crippen molar-refractivity contribution >= 4 is 11.9 Å². The van der Waals surface area contributed by atoms with Crippen molar-refractivity contribution < 1.29 is 19.4 Å². The lowest BCUT2D eigenvalue weighted by Gasteiger charge is -2.23. The summed E-state index contributed by atoms with van der Waals surface area (Å²) in [7, 11) is 0. The number of benzene rings is 1. The van der Waals surface area contributed by atoms with Gasteiger partial charge in [0.05, 0.1) is 6.54 Å². The van der Waals surface area contributed by atoms with Crippen LogP contribution in [-0.2, 0) is 21.4 Å². The number of hydrogen-bond donors (Lipinski definition) is 1. The molecule has 1 amide bonds. The van der Waals surface area contributed by atoms with E-state index in [1.165, 1.54) is 5.56 Å². The lowest BCUT2D eigenvalue weighted by molar-refractivity contribution is -0.305. The second-order valence-electron chi connectivity index (χ2n) is 6.50. The molecule has 0 radical (unpaired) electrons. The molecule has 23 heavy (non-hydrogen) atoms. The normalized spacial score (nSPS) is 11.1. The molecule has 0 bridgehead atoms. The van der Waals surface area contributed by atoms with E-state index >= 15 is 0 Å². The summed E-state index contributed by atoms with van der Waals surface area (Å²) in [6.45, 7) is 9.20. The maximum absolute atomic E-state index is 11.4. The van der Waals surface area contributed by atoms with Gasteiger partial charge in [0.2, 0.25) is 5.91 Å². The third kappa shape index (κ3) is 6.72. The van der Waals surface area contributed by atoms with Crippen molar-refractivity contribution in [3.05, 3.63) is 29.3 Å². The molecule has 1 rings (SSSR count). The molecule has 0 atom stereocenters. The first-order valence-electron chi connectivity index (χ1n) is 7.96. The zero-order valence-corrected chi connectivity index (χ0v) is 14.4. The topological polar surface area (TPSA) is 78.5 Å². The van der Waals surface area contributed by atoms with Crippen LogP contribution < -0.4 is 15.2 Å². The van der Waals surface area contributed by atoms with Crippen LogP contribution in [0, 0.1) is 0 Å². The van der Waals surface area contributed by atoms with Gasteiger partial charge in [0.1, 0.15) is 12.4 Å². The highest BCUT2D eigenvalue weighted by molar-refractivity contribution is 5.79. The van der Waals surface area contributed by atoms with Crippen LogP contribution in [0.1, 0.15) is 51.7 Å². The lowest BCUT2D eigenvalue weighted by atomic mass is 9.85. The zero-order chi connectivity index (χ0) is 17.5. The Morgan fingerprint density at radius 1 is 1.22 bits per heavy atom. The van der Waals surface area contributed by atoms with Crippen LogP contribution >= 0.6 is 0 Å². The molecule has 0 aliphatic rings. The van der Waals surface area contributed by atoms with Crippen LogP contribution in [0.4, 0.5) is 0 Å². The summed E-state index contributed by atoms with van der Waals surface area (Å²) in [4.78, 5) is 21.7. The fourth-order valence-electron chi connectivity index (χ4n) is 2.16. The third-order valence-corrected chi connectivity index (χ3v) is 3.50. The van der Waals surface area contributed by atoms with Crippen molar-refractivity contribution in [2.24, 2.45) is 0 Å². The molecule has 0 aliphatic carbocycles. The molecular formula is C18H26NO4-. The Labute approximate surface area is 138 Å². The highest BCUT2D eigenvalue weighted by Crippen LogP contribution is 2.32. The Hall–Kier alpha value is -2.04. The molecule has 5 heteroatoms. The van der Waals surface area contributed by atoms with Gasteiger partial charge in [-0.15, -0.1) is 0 Å². The molecule has 5 nitrogen and oxygen atoms in total. The minimum absolute atomic E-state index is 0.0295. The van der Waals surface area contributed by atoms with Crippen molar-refractivity contribution in [3.63, 3.8) is 0 Å². The largest absolute Gasteiger partial charge is 0.550 e. The number of amides is 1. The fraction of sp³-hybridized carbons (Fsp3) is 0.556. The van der Waals surface area contributed by atoms with Crippen molar-refractivity contribution in [1.29, 1.82) is 0 Å². The van der Waals surface area contributed by atoms with Crippen LogP contribution in [0.25, 0.3) is 0 Å². The third-order valence-electron chi connectivity index (χ3n) is 3.50. The number of nitrogens with one attached hydrogen (secondary N) is 1. The van der Waals surface area contributed by atoms with E-state index in [0.717, 1.165) is 17.7 Å². The average molecular weight is 320 g/mol. The van der Waals surface area contributed by atoms with Gasteiger partial charge in [-0.3, -0.25) is 4.79 Å². The molecule has 0 spiro atoms. The summed E-state index contributed by atoms with van der Waals surface area (Å²) < 4.78 is 5.80. The molecule has 0 saturated heterocycles. The van der Waals surface area contributed by atoms with Gasteiger partial charge < -0.3 is 20.0 Å². The van der Waals surface area contributed by atoms with Crippen LogP contribution in [-0.4, -0.2) is 25.0 Å². The van der Waals surface area contributed by atoms with Gasteiger partial charge >= 0.3 is 0 Å². The zero-order valence-electron chi connectivity index (χ0n) is 14.4. The molecule has 1 aromatic rings. The van der Waals surface area contributed by atoms with E-state index in [4.69, 9.17) is 4.74 Å². The van der Waals surface area contributed by atoms with E-state index in [2.05, 4.69) is 39.1 Å². The van der Waals surface area contributed by atoms with Gasteiger partial charge in [-0.2, -0.15) is 0 Å². The summed E-state index contributed by atoms with van der Waals surface area (Å²) in [5, 5.41) is 12.9. The number of aliphatic carboxylic acids is 1. The number of hydrogen-bond acceptors (Lipinski definition) is 4. The number of rotatable bonds is 8. The number of aryl methyl sites for hydroxylation is 1. The Morgan fingerprint density at radius 3 is 2.48 bits per heavy atom. The maximum Gasteiger partial charge on any atom is 0.220 e. The first-order chi connectivity index (χ1) is 10.7. The molecule has 1 aromatic carbocycles. The molecule has 128 valence electrons. The van der Waals surface area contributed by atoms with Gasteiger partial charge in [-0.05, 0) is 35.4 Å². The quantitative estimate of drug-likeness (QED) is 0.738. The first-order valence-corrected chi connectivity index (χ1v) is 7.96. The second kappa shape index (κ2) is 8.56. The van der Waals surface area contributed by atoms with Crippen molar-refractivity contribution in [3.8, 4) is 5.75 Å². The van der Waals surface area contributed by atoms with Crippen molar-refractivity contribution in [1.82, 2.24) is 5.32 Å². The molecule has 0 aromatic heterocycles. The van der Waals surface area contributed by atoms with Crippen molar-refractivity contribution in [2.75, 3.05) is 13.2 Å². The standard InChI is InChI=1S/C18H27NO4/c1-5-13-6-7-15(14(12-13)18(2,3)4)23-11-10-19-16(20)8-9-17(21)22/h6-7,12H,5,8-11H2,1-4H3,(H,19,20)(H,21,22)/p-1. The number of carbonyl (C=O) groups excluding carboxylic acids is 2. The van der Waals surface area contributed by atoms with E-state index in [-0.39, 0.29) is 24.2 Å².